The highest BCUT2D eigenvalue weighted by atomic mass is 79.9. The minimum atomic E-state index is 1.02. The number of benzene rings is 5. The lowest BCUT2D eigenvalue weighted by molar-refractivity contribution is 1.18. The van der Waals surface area contributed by atoms with Gasteiger partial charge >= 0.3 is 0 Å². The summed E-state index contributed by atoms with van der Waals surface area (Å²) in [6, 6.07) is 36.5. The number of halogens is 4. The van der Waals surface area contributed by atoms with Crippen molar-refractivity contribution in [2.45, 2.75) is 0 Å². The fourth-order valence-electron chi connectivity index (χ4n) is 4.74. The van der Waals surface area contributed by atoms with Gasteiger partial charge in [-0.2, -0.15) is 0 Å². The van der Waals surface area contributed by atoms with E-state index in [9.17, 15) is 0 Å². The molecule has 0 unspecified atom stereocenters. The smallest absolute Gasteiger partial charge is 0.0541 e. The summed E-state index contributed by atoms with van der Waals surface area (Å²) in [6.07, 6.45) is 0. The van der Waals surface area contributed by atoms with Crippen LogP contribution in [0.2, 0.25) is 0 Å². The van der Waals surface area contributed by atoms with Crippen LogP contribution in [0.1, 0.15) is 0 Å². The largest absolute Gasteiger partial charge is 0.309 e. The van der Waals surface area contributed by atoms with Crippen molar-refractivity contribution in [2.24, 2.45) is 0 Å². The maximum Gasteiger partial charge on any atom is 0.0541 e. The van der Waals surface area contributed by atoms with Crippen LogP contribution in [-0.4, -0.2) is 4.57 Å². The number of rotatable bonds is 3. The molecule has 0 atom stereocenters. The second kappa shape index (κ2) is 9.36. The number of hydrogen-bond donors (Lipinski definition) is 0. The fourth-order valence-corrected chi connectivity index (χ4v) is 7.72. The molecule has 5 aromatic carbocycles. The quantitative estimate of drug-likeness (QED) is 0.172. The van der Waals surface area contributed by atoms with E-state index in [0.29, 0.717) is 0 Å². The van der Waals surface area contributed by atoms with Gasteiger partial charge in [0.05, 0.1) is 11.0 Å². The molecule has 0 spiro atoms. The van der Waals surface area contributed by atoms with Gasteiger partial charge in [0.1, 0.15) is 0 Å². The first-order chi connectivity index (χ1) is 17.0. The van der Waals surface area contributed by atoms with Crippen LogP contribution in [0.25, 0.3) is 49.7 Å². The van der Waals surface area contributed by atoms with E-state index in [0.717, 1.165) is 45.8 Å². The van der Waals surface area contributed by atoms with Crippen molar-refractivity contribution in [1.82, 2.24) is 4.57 Å². The van der Waals surface area contributed by atoms with Crippen LogP contribution >= 0.6 is 63.7 Å². The molecule has 0 N–H and O–H groups in total. The molecule has 35 heavy (non-hydrogen) atoms. The third-order valence-corrected chi connectivity index (χ3v) is 8.85. The second-order valence-corrected chi connectivity index (χ2v) is 11.7. The Hall–Kier alpha value is -2.18. The van der Waals surface area contributed by atoms with Crippen LogP contribution in [0.4, 0.5) is 0 Å². The van der Waals surface area contributed by atoms with E-state index >= 15 is 0 Å². The molecule has 1 aromatic heterocycles. The van der Waals surface area contributed by atoms with Crippen molar-refractivity contribution < 1.29 is 0 Å². The van der Waals surface area contributed by atoms with Crippen LogP contribution in [-0.2, 0) is 0 Å². The molecule has 0 aliphatic carbocycles. The van der Waals surface area contributed by atoms with Gasteiger partial charge in [-0.3, -0.25) is 0 Å². The molecule has 0 saturated carbocycles. The number of fused-ring (bicyclic) bond motifs is 3. The van der Waals surface area contributed by atoms with Gasteiger partial charge in [0.15, 0.2) is 0 Å². The Bertz CT molecular complexity index is 1650. The minimum absolute atomic E-state index is 1.02. The molecule has 1 nitrogen and oxygen atoms in total. The summed E-state index contributed by atoms with van der Waals surface area (Å²) >= 11 is 15.1. The zero-order valence-electron chi connectivity index (χ0n) is 18.3. The molecule has 0 radical (unpaired) electrons. The zero-order valence-corrected chi connectivity index (χ0v) is 24.6. The summed E-state index contributed by atoms with van der Waals surface area (Å²) in [6.45, 7) is 0. The lowest BCUT2D eigenvalue weighted by Crippen LogP contribution is -1.94. The first-order valence-corrected chi connectivity index (χ1v) is 14.2. The molecular weight excluding hydrogens is 694 g/mol. The predicted octanol–water partition coefficient (Wildman–Crippen LogP) is 11.2. The highest BCUT2D eigenvalue weighted by molar-refractivity contribution is 9.11. The van der Waals surface area contributed by atoms with Crippen LogP contribution in [0, 0.1) is 0 Å². The monoisotopic (exact) mass is 707 g/mol. The Balaban J connectivity index is 1.52. The van der Waals surface area contributed by atoms with Gasteiger partial charge < -0.3 is 4.57 Å². The topological polar surface area (TPSA) is 4.93 Å². The molecule has 6 aromatic rings. The molecule has 170 valence electrons. The third kappa shape index (κ3) is 4.03. The highest BCUT2D eigenvalue weighted by Gasteiger charge is 2.17. The Morgan fingerprint density at radius 2 is 0.943 bits per heavy atom. The third-order valence-electron chi connectivity index (χ3n) is 6.27. The first kappa shape index (κ1) is 23.2. The first-order valence-electron chi connectivity index (χ1n) is 11.1. The van der Waals surface area contributed by atoms with E-state index in [1.165, 1.54) is 21.8 Å². The summed E-state index contributed by atoms with van der Waals surface area (Å²) in [7, 11) is 0. The van der Waals surface area contributed by atoms with E-state index in [-0.39, 0.29) is 0 Å². The van der Waals surface area contributed by atoms with Gasteiger partial charge in [-0.25, -0.2) is 0 Å². The number of para-hydroxylation sites is 2. The summed E-state index contributed by atoms with van der Waals surface area (Å²) in [5, 5.41) is 2.53. The normalized spacial score (nSPS) is 11.4. The van der Waals surface area contributed by atoms with Crippen molar-refractivity contribution in [3.63, 3.8) is 0 Å². The fraction of sp³-hybridized carbons (Fsp3) is 0. The Morgan fingerprint density at radius 3 is 1.54 bits per heavy atom. The lowest BCUT2D eigenvalue weighted by atomic mass is 10.00. The van der Waals surface area contributed by atoms with E-state index in [1.54, 1.807) is 0 Å². The van der Waals surface area contributed by atoms with Gasteiger partial charge in [0, 0.05) is 45.5 Å². The van der Waals surface area contributed by atoms with Crippen molar-refractivity contribution in [2.75, 3.05) is 0 Å². The lowest BCUT2D eigenvalue weighted by Gasteiger charge is -2.15. The van der Waals surface area contributed by atoms with Crippen LogP contribution in [0.15, 0.2) is 121 Å². The zero-order chi connectivity index (χ0) is 24.1. The molecule has 5 heteroatoms. The number of hydrogen-bond acceptors (Lipinski definition) is 0. The second-order valence-electron chi connectivity index (χ2n) is 8.33. The molecule has 0 aliphatic heterocycles. The molecule has 0 amide bonds. The molecule has 0 saturated heterocycles. The van der Waals surface area contributed by atoms with Crippen molar-refractivity contribution >= 4 is 85.5 Å². The molecule has 1 heterocycles. The average Bonchev–Trinajstić information content (AvgIpc) is 3.20. The average molecular weight is 711 g/mol. The summed E-state index contributed by atoms with van der Waals surface area (Å²) in [4.78, 5) is 0. The number of nitrogens with zero attached hydrogens (tertiary/aromatic N) is 1. The van der Waals surface area contributed by atoms with Gasteiger partial charge in [-0.15, -0.1) is 0 Å². The predicted molar refractivity (Wildman–Crippen MR) is 162 cm³/mol. The summed E-state index contributed by atoms with van der Waals surface area (Å²) in [5.74, 6) is 0. The van der Waals surface area contributed by atoms with Crippen molar-refractivity contribution in [3.05, 3.63) is 121 Å². The van der Waals surface area contributed by atoms with Gasteiger partial charge in [-0.05, 0) is 59.7 Å². The SMILES string of the molecule is Brc1cccc(Br)c1-c1c(Br)cc(-c2cccc(-n3c4ccccc4c4ccccc43)c2)cc1Br. The number of aromatic nitrogens is 1. The molecule has 0 bridgehead atoms. The standard InChI is InChI=1S/C30H17Br4N/c31-23-11-6-12-24(32)29(23)30-25(33)16-19(17-26(30)34)18-7-5-8-20(15-18)35-27-13-3-1-9-21(27)22-10-2-4-14-28(22)35/h1-17H. The maximum absolute atomic E-state index is 3.85. The van der Waals surface area contributed by atoms with Gasteiger partial charge in [-0.1, -0.05) is 118 Å². The Labute approximate surface area is 237 Å². The van der Waals surface area contributed by atoms with Crippen LogP contribution < -0.4 is 0 Å². The van der Waals surface area contributed by atoms with E-state index < -0.39 is 0 Å². The summed E-state index contributed by atoms with van der Waals surface area (Å²) < 4.78 is 6.47. The Morgan fingerprint density at radius 1 is 0.429 bits per heavy atom. The van der Waals surface area contributed by atoms with Crippen molar-refractivity contribution in [3.8, 4) is 27.9 Å². The Kier molecular flexibility index (Phi) is 6.21. The van der Waals surface area contributed by atoms with Gasteiger partial charge in [0.2, 0.25) is 0 Å². The maximum atomic E-state index is 3.85. The molecular formula is C30H17Br4N. The van der Waals surface area contributed by atoms with Gasteiger partial charge in [0.25, 0.3) is 0 Å². The molecule has 0 aliphatic rings. The van der Waals surface area contributed by atoms with Crippen LogP contribution in [0.5, 0.6) is 0 Å². The van der Waals surface area contributed by atoms with E-state index in [4.69, 9.17) is 0 Å². The molecule has 0 fully saturated rings. The van der Waals surface area contributed by atoms with E-state index in [1.807, 2.05) is 6.07 Å². The van der Waals surface area contributed by atoms with E-state index in [2.05, 4.69) is 165 Å². The summed E-state index contributed by atoms with van der Waals surface area (Å²) in [5.41, 5.74) is 8.07. The highest BCUT2D eigenvalue weighted by Crippen LogP contribution is 2.45. The van der Waals surface area contributed by atoms with Crippen LogP contribution in [0.3, 0.4) is 0 Å². The minimum Gasteiger partial charge on any atom is -0.309 e. The van der Waals surface area contributed by atoms with Crippen molar-refractivity contribution in [1.29, 1.82) is 0 Å². The molecule has 6 rings (SSSR count).